The van der Waals surface area contributed by atoms with Crippen LogP contribution >= 0.6 is 39.0 Å². The van der Waals surface area contributed by atoms with Crippen molar-refractivity contribution >= 4 is 50.6 Å². The Hall–Kier alpha value is -0.960. The Labute approximate surface area is 126 Å². The Morgan fingerprint density at radius 2 is 2.26 bits per heavy atom. The maximum Gasteiger partial charge on any atom is 0.245 e. The lowest BCUT2D eigenvalue weighted by Crippen LogP contribution is -2.19. The van der Waals surface area contributed by atoms with Crippen LogP contribution < -0.4 is 11.1 Å². The molecule has 3 rings (SSSR count). The Morgan fingerprint density at radius 3 is 2.95 bits per heavy atom. The summed E-state index contributed by atoms with van der Waals surface area (Å²) in [5.74, 6) is -0.171. The molecule has 0 spiro atoms. The molecule has 1 amide bonds. The second kappa shape index (κ2) is 4.86. The van der Waals surface area contributed by atoms with Crippen LogP contribution in [0.3, 0.4) is 0 Å². The van der Waals surface area contributed by atoms with Gasteiger partial charge in [0.2, 0.25) is 5.91 Å². The number of aryl methyl sites for hydroxylation is 1. The zero-order valence-electron chi connectivity index (χ0n) is 9.81. The number of aromatic nitrogens is 2. The van der Waals surface area contributed by atoms with Crippen LogP contribution in [0.1, 0.15) is 16.6 Å². The number of hydrogen-bond donors (Lipinski definition) is 2. The first-order valence-electron chi connectivity index (χ1n) is 5.42. The normalized spacial score (nSPS) is 17.4. The molecule has 2 aromatic rings. The fraction of sp³-hybridized carbons (Fsp3) is 0.182. The van der Waals surface area contributed by atoms with Gasteiger partial charge in [0, 0.05) is 20.6 Å². The number of nitrogens with zero attached hydrogens (tertiary/aromatic N) is 2. The molecule has 0 fully saturated rings. The van der Waals surface area contributed by atoms with E-state index in [0.717, 1.165) is 30.0 Å². The van der Waals surface area contributed by atoms with Crippen LogP contribution in [-0.4, -0.2) is 16.1 Å². The number of nitrogens with two attached hydrogens (primary N) is 1. The summed E-state index contributed by atoms with van der Waals surface area (Å²) >= 11 is 6.55. The number of carbonyl (C=O) groups is 1. The van der Waals surface area contributed by atoms with Crippen molar-refractivity contribution in [2.24, 2.45) is 5.73 Å². The van der Waals surface area contributed by atoms with Gasteiger partial charge in [-0.25, -0.2) is 0 Å². The predicted molar refractivity (Wildman–Crippen MR) is 78.5 cm³/mol. The number of rotatable bonds is 2. The van der Waals surface area contributed by atoms with E-state index < -0.39 is 6.04 Å². The van der Waals surface area contributed by atoms with E-state index >= 15 is 0 Å². The van der Waals surface area contributed by atoms with Gasteiger partial charge < -0.3 is 11.1 Å². The summed E-state index contributed by atoms with van der Waals surface area (Å²) < 4.78 is 1.77. The van der Waals surface area contributed by atoms with E-state index in [4.69, 9.17) is 5.73 Å². The molecule has 1 atom stereocenters. The van der Waals surface area contributed by atoms with Gasteiger partial charge in [-0.3, -0.25) is 4.79 Å². The first-order valence-corrected chi connectivity index (χ1v) is 7.85. The third-order valence-electron chi connectivity index (χ3n) is 2.68. The van der Waals surface area contributed by atoms with Crippen LogP contribution in [0.25, 0.3) is 0 Å². The van der Waals surface area contributed by atoms with Crippen molar-refractivity contribution < 1.29 is 4.79 Å². The minimum absolute atomic E-state index is 0.171. The highest BCUT2D eigenvalue weighted by Crippen LogP contribution is 2.41. The number of carbonyl (C=O) groups excluding carboxylic acids is 1. The topological polar surface area (TPSA) is 80.9 Å². The third kappa shape index (κ3) is 2.40. The molecule has 0 bridgehead atoms. The summed E-state index contributed by atoms with van der Waals surface area (Å²) in [4.78, 5) is 12.5. The third-order valence-corrected chi connectivity index (χ3v) is 5.55. The largest absolute Gasteiger partial charge is 0.324 e. The Bertz CT molecular complexity index is 673. The predicted octanol–water partition coefficient (Wildman–Crippen LogP) is 2.71. The molecule has 0 aliphatic carbocycles. The lowest BCUT2D eigenvalue weighted by atomic mass is 10.1. The van der Waals surface area contributed by atoms with Gasteiger partial charge in [0.1, 0.15) is 11.0 Å². The van der Waals surface area contributed by atoms with E-state index in [9.17, 15) is 4.79 Å². The molecular formula is C11H9BrN4OS2. The Morgan fingerprint density at radius 1 is 1.47 bits per heavy atom. The second-order valence-electron chi connectivity index (χ2n) is 4.03. The Balaban J connectivity index is 1.96. The SMILES string of the molecule is Cc1nnc(Sc2cc3c(cc2Br)C(N)C(=O)N3)s1. The quantitative estimate of drug-likeness (QED) is 0.864. The number of halogens is 1. The smallest absolute Gasteiger partial charge is 0.245 e. The first kappa shape index (κ1) is 13.0. The molecule has 3 N–H and O–H groups in total. The van der Waals surface area contributed by atoms with Crippen LogP contribution in [0.15, 0.2) is 25.8 Å². The number of anilines is 1. The van der Waals surface area contributed by atoms with Crippen LogP contribution in [0.5, 0.6) is 0 Å². The fourth-order valence-electron chi connectivity index (χ4n) is 1.78. The van der Waals surface area contributed by atoms with Gasteiger partial charge in [0.05, 0.1) is 0 Å². The first-order chi connectivity index (χ1) is 9.04. The van der Waals surface area contributed by atoms with Gasteiger partial charge in [-0.15, -0.1) is 10.2 Å². The molecule has 1 aromatic heterocycles. The number of amides is 1. The van der Waals surface area contributed by atoms with Crippen molar-refractivity contribution in [3.05, 3.63) is 27.2 Å². The van der Waals surface area contributed by atoms with Crippen molar-refractivity contribution in [3.63, 3.8) is 0 Å². The van der Waals surface area contributed by atoms with Crippen molar-refractivity contribution in [2.75, 3.05) is 5.32 Å². The fourth-order valence-corrected chi connectivity index (χ4v) is 4.20. The molecule has 5 nitrogen and oxygen atoms in total. The molecule has 1 aliphatic heterocycles. The summed E-state index contributed by atoms with van der Waals surface area (Å²) in [5.41, 5.74) is 7.39. The average Bonchev–Trinajstić information content (AvgIpc) is 2.87. The monoisotopic (exact) mass is 356 g/mol. The second-order valence-corrected chi connectivity index (χ2v) is 7.35. The van der Waals surface area contributed by atoms with Gasteiger partial charge in [0.15, 0.2) is 4.34 Å². The number of benzene rings is 1. The molecule has 0 saturated heterocycles. The number of nitrogens with one attached hydrogen (secondary N) is 1. The Kier molecular flexibility index (Phi) is 3.34. The summed E-state index contributed by atoms with van der Waals surface area (Å²) in [6.45, 7) is 1.92. The van der Waals surface area contributed by atoms with Crippen LogP contribution in [0.4, 0.5) is 5.69 Å². The van der Waals surface area contributed by atoms with Gasteiger partial charge in [-0.1, -0.05) is 23.1 Å². The van der Waals surface area contributed by atoms with E-state index in [1.807, 2.05) is 19.1 Å². The maximum atomic E-state index is 11.5. The lowest BCUT2D eigenvalue weighted by Gasteiger charge is -2.06. The average molecular weight is 357 g/mol. The van der Waals surface area contributed by atoms with Crippen LogP contribution in [-0.2, 0) is 4.79 Å². The highest BCUT2D eigenvalue weighted by molar-refractivity contribution is 9.10. The number of fused-ring (bicyclic) bond motifs is 1. The molecule has 1 aliphatic rings. The van der Waals surface area contributed by atoms with E-state index in [2.05, 4.69) is 31.4 Å². The maximum absolute atomic E-state index is 11.5. The molecule has 0 radical (unpaired) electrons. The minimum Gasteiger partial charge on any atom is -0.324 e. The highest BCUT2D eigenvalue weighted by Gasteiger charge is 2.28. The highest BCUT2D eigenvalue weighted by atomic mass is 79.9. The molecule has 2 heterocycles. The minimum atomic E-state index is -0.589. The summed E-state index contributed by atoms with van der Waals surface area (Å²) in [6.07, 6.45) is 0. The lowest BCUT2D eigenvalue weighted by molar-refractivity contribution is -0.116. The summed E-state index contributed by atoms with van der Waals surface area (Å²) in [5, 5.41) is 11.8. The van der Waals surface area contributed by atoms with Crippen molar-refractivity contribution in [1.82, 2.24) is 10.2 Å². The van der Waals surface area contributed by atoms with Crippen molar-refractivity contribution in [3.8, 4) is 0 Å². The summed E-state index contributed by atoms with van der Waals surface area (Å²) in [6, 6.07) is 3.20. The molecule has 19 heavy (non-hydrogen) atoms. The van der Waals surface area contributed by atoms with Crippen LogP contribution in [0.2, 0.25) is 0 Å². The van der Waals surface area contributed by atoms with Gasteiger partial charge in [0.25, 0.3) is 0 Å². The van der Waals surface area contributed by atoms with Crippen molar-refractivity contribution in [1.29, 1.82) is 0 Å². The molecule has 1 unspecified atom stereocenters. The molecule has 0 saturated carbocycles. The van der Waals surface area contributed by atoms with Crippen molar-refractivity contribution in [2.45, 2.75) is 22.2 Å². The summed E-state index contributed by atoms with van der Waals surface area (Å²) in [7, 11) is 0. The van der Waals surface area contributed by atoms with Gasteiger partial charge in [-0.2, -0.15) is 0 Å². The molecule has 98 valence electrons. The van der Waals surface area contributed by atoms with E-state index in [1.165, 1.54) is 23.1 Å². The van der Waals surface area contributed by atoms with Crippen LogP contribution in [0, 0.1) is 6.92 Å². The number of hydrogen-bond acceptors (Lipinski definition) is 6. The van der Waals surface area contributed by atoms with Gasteiger partial charge in [-0.05, 0) is 35.0 Å². The zero-order chi connectivity index (χ0) is 13.6. The van der Waals surface area contributed by atoms with E-state index in [-0.39, 0.29) is 5.91 Å². The standard InChI is InChI=1S/C11H9BrN4OS2/c1-4-15-16-11(18-4)19-8-3-7-5(2-6(8)12)9(13)10(17)14-7/h2-3,9H,13H2,1H3,(H,14,17). The molecular weight excluding hydrogens is 348 g/mol. The van der Waals surface area contributed by atoms with Gasteiger partial charge >= 0.3 is 0 Å². The van der Waals surface area contributed by atoms with E-state index in [1.54, 1.807) is 0 Å². The van der Waals surface area contributed by atoms with E-state index in [0.29, 0.717) is 0 Å². The zero-order valence-corrected chi connectivity index (χ0v) is 13.0. The molecule has 8 heteroatoms. The molecule has 1 aromatic carbocycles.